The van der Waals surface area contributed by atoms with Crippen LogP contribution in [0.3, 0.4) is 0 Å². The Hall–Kier alpha value is -1.47. The first-order valence-electron chi connectivity index (χ1n) is 6.27. The molecule has 7 heteroatoms. The van der Waals surface area contributed by atoms with Crippen molar-refractivity contribution in [2.24, 2.45) is 0 Å². The lowest BCUT2D eigenvalue weighted by Gasteiger charge is -2.18. The van der Waals surface area contributed by atoms with E-state index < -0.39 is 0 Å². The highest BCUT2D eigenvalue weighted by molar-refractivity contribution is 7.99. The molecule has 0 aliphatic heterocycles. The Morgan fingerprint density at radius 2 is 2.15 bits per heavy atom. The summed E-state index contributed by atoms with van der Waals surface area (Å²) in [6.07, 6.45) is 0. The highest BCUT2D eigenvalue weighted by Gasteiger charge is 2.12. The van der Waals surface area contributed by atoms with E-state index >= 15 is 0 Å². The molecule has 0 amide bonds. The molecule has 0 saturated heterocycles. The molecule has 0 aliphatic rings. The fraction of sp³-hybridized carbons (Fsp3) is 0.462. The Labute approximate surface area is 121 Å². The highest BCUT2D eigenvalue weighted by atomic mass is 32.2. The van der Waals surface area contributed by atoms with E-state index in [1.54, 1.807) is 12.1 Å². The molecule has 0 N–H and O–H groups in total. The predicted octanol–water partition coefficient (Wildman–Crippen LogP) is 2.71. The number of halogens is 1. The summed E-state index contributed by atoms with van der Waals surface area (Å²) in [4.78, 5) is 0. The van der Waals surface area contributed by atoms with Crippen molar-refractivity contribution in [3.05, 3.63) is 30.1 Å². The van der Waals surface area contributed by atoms with Crippen molar-refractivity contribution < 1.29 is 9.13 Å². The number of tetrazole rings is 1. The molecule has 20 heavy (non-hydrogen) atoms. The van der Waals surface area contributed by atoms with Gasteiger partial charge in [-0.15, -0.1) is 5.10 Å². The normalized spacial score (nSPS) is 11.8. The lowest BCUT2D eigenvalue weighted by Crippen LogP contribution is -2.20. The first-order valence-corrected chi connectivity index (χ1v) is 7.25. The lowest BCUT2D eigenvalue weighted by atomic mass is 10.2. The second-order valence-corrected chi connectivity index (χ2v) is 6.22. The molecule has 1 heterocycles. The van der Waals surface area contributed by atoms with Gasteiger partial charge in [0.1, 0.15) is 5.82 Å². The molecule has 0 fully saturated rings. The van der Waals surface area contributed by atoms with Crippen LogP contribution in [-0.4, -0.2) is 38.2 Å². The summed E-state index contributed by atoms with van der Waals surface area (Å²) >= 11 is 1.47. The maximum absolute atomic E-state index is 13.2. The summed E-state index contributed by atoms with van der Waals surface area (Å²) in [5, 5.41) is 12.1. The molecular formula is C13H17FN4OS. The van der Waals surface area contributed by atoms with Gasteiger partial charge in [0.2, 0.25) is 5.16 Å². The SMILES string of the molecule is CC(C)(C)OCCSc1nnnn1-c1cccc(F)c1. The van der Waals surface area contributed by atoms with Crippen LogP contribution >= 0.6 is 11.8 Å². The Balaban J connectivity index is 1.99. The fourth-order valence-corrected chi connectivity index (χ4v) is 2.23. The van der Waals surface area contributed by atoms with Gasteiger partial charge in [-0.25, -0.2) is 4.39 Å². The van der Waals surface area contributed by atoms with E-state index in [-0.39, 0.29) is 11.4 Å². The maximum Gasteiger partial charge on any atom is 0.214 e. The Morgan fingerprint density at radius 1 is 1.35 bits per heavy atom. The molecule has 1 aromatic carbocycles. The predicted molar refractivity (Wildman–Crippen MR) is 75.5 cm³/mol. The van der Waals surface area contributed by atoms with Crippen LogP contribution in [0.4, 0.5) is 4.39 Å². The number of ether oxygens (including phenoxy) is 1. The third-order valence-corrected chi connectivity index (χ3v) is 3.23. The van der Waals surface area contributed by atoms with Crippen LogP contribution < -0.4 is 0 Å². The first-order chi connectivity index (χ1) is 9.46. The summed E-state index contributed by atoms with van der Waals surface area (Å²) in [5.41, 5.74) is 0.448. The number of benzene rings is 1. The summed E-state index contributed by atoms with van der Waals surface area (Å²) < 4.78 is 20.4. The van der Waals surface area contributed by atoms with Crippen molar-refractivity contribution in [2.45, 2.75) is 31.5 Å². The lowest BCUT2D eigenvalue weighted by molar-refractivity contribution is 0.00693. The van der Waals surface area contributed by atoms with Gasteiger partial charge in [-0.05, 0) is 49.4 Å². The highest BCUT2D eigenvalue weighted by Crippen LogP contribution is 2.19. The Kier molecular flexibility index (Phi) is 4.72. The minimum absolute atomic E-state index is 0.158. The number of nitrogens with zero attached hydrogens (tertiary/aromatic N) is 4. The average Bonchev–Trinajstić information content (AvgIpc) is 2.82. The summed E-state index contributed by atoms with van der Waals surface area (Å²) in [6.45, 7) is 6.63. The zero-order valence-electron chi connectivity index (χ0n) is 11.7. The fourth-order valence-electron chi connectivity index (χ4n) is 1.52. The largest absolute Gasteiger partial charge is 0.375 e. The molecule has 0 bridgehead atoms. The quantitative estimate of drug-likeness (QED) is 0.627. The molecule has 1 aromatic heterocycles. The van der Waals surface area contributed by atoms with Crippen molar-refractivity contribution in [3.63, 3.8) is 0 Å². The van der Waals surface area contributed by atoms with Crippen LogP contribution in [0.15, 0.2) is 29.4 Å². The van der Waals surface area contributed by atoms with Crippen molar-refractivity contribution in [2.75, 3.05) is 12.4 Å². The van der Waals surface area contributed by atoms with Gasteiger partial charge in [0.25, 0.3) is 0 Å². The zero-order chi connectivity index (χ0) is 14.6. The van der Waals surface area contributed by atoms with E-state index in [1.165, 1.54) is 28.6 Å². The van der Waals surface area contributed by atoms with Crippen LogP contribution in [0, 0.1) is 5.82 Å². The van der Waals surface area contributed by atoms with Crippen LogP contribution in [0.5, 0.6) is 0 Å². The van der Waals surface area contributed by atoms with E-state index in [0.717, 1.165) is 5.75 Å². The van der Waals surface area contributed by atoms with Crippen LogP contribution in [0.1, 0.15) is 20.8 Å². The van der Waals surface area contributed by atoms with Gasteiger partial charge in [-0.1, -0.05) is 17.8 Å². The molecule has 0 unspecified atom stereocenters. The van der Waals surface area contributed by atoms with Gasteiger partial charge in [-0.2, -0.15) is 4.68 Å². The maximum atomic E-state index is 13.2. The molecule has 2 aromatic rings. The molecular weight excluding hydrogens is 279 g/mol. The number of hydrogen-bond acceptors (Lipinski definition) is 5. The van der Waals surface area contributed by atoms with Gasteiger partial charge >= 0.3 is 0 Å². The van der Waals surface area contributed by atoms with Gasteiger partial charge in [0.15, 0.2) is 0 Å². The number of hydrogen-bond donors (Lipinski definition) is 0. The van der Waals surface area contributed by atoms with Crippen LogP contribution in [-0.2, 0) is 4.74 Å². The second kappa shape index (κ2) is 6.32. The van der Waals surface area contributed by atoms with Crippen molar-refractivity contribution in [3.8, 4) is 5.69 Å². The third-order valence-electron chi connectivity index (χ3n) is 2.34. The number of thioether (sulfide) groups is 1. The van der Waals surface area contributed by atoms with Gasteiger partial charge in [0.05, 0.1) is 17.9 Å². The molecule has 5 nitrogen and oxygen atoms in total. The average molecular weight is 296 g/mol. The summed E-state index contributed by atoms with van der Waals surface area (Å²) in [7, 11) is 0. The van der Waals surface area contributed by atoms with E-state index in [4.69, 9.17) is 4.74 Å². The van der Waals surface area contributed by atoms with E-state index in [0.29, 0.717) is 17.5 Å². The van der Waals surface area contributed by atoms with E-state index in [9.17, 15) is 4.39 Å². The second-order valence-electron chi connectivity index (χ2n) is 5.16. The van der Waals surface area contributed by atoms with Crippen LogP contribution in [0.2, 0.25) is 0 Å². The number of rotatable bonds is 5. The van der Waals surface area contributed by atoms with Gasteiger partial charge < -0.3 is 4.74 Å². The molecule has 2 rings (SSSR count). The molecule has 0 radical (unpaired) electrons. The molecule has 0 saturated carbocycles. The zero-order valence-corrected chi connectivity index (χ0v) is 12.5. The monoisotopic (exact) mass is 296 g/mol. The standard InChI is InChI=1S/C13H17FN4OS/c1-13(2,3)19-7-8-20-12-15-16-17-18(12)11-6-4-5-10(14)9-11/h4-6,9H,7-8H2,1-3H3. The Morgan fingerprint density at radius 3 is 2.85 bits per heavy atom. The Bertz CT molecular complexity index is 567. The minimum atomic E-state index is -0.315. The molecule has 0 atom stereocenters. The van der Waals surface area contributed by atoms with Crippen LogP contribution in [0.25, 0.3) is 5.69 Å². The van der Waals surface area contributed by atoms with E-state index in [2.05, 4.69) is 15.5 Å². The van der Waals surface area contributed by atoms with Crippen molar-refractivity contribution >= 4 is 11.8 Å². The smallest absolute Gasteiger partial charge is 0.214 e. The molecule has 108 valence electrons. The minimum Gasteiger partial charge on any atom is -0.375 e. The molecule has 0 aliphatic carbocycles. The number of aromatic nitrogens is 4. The first kappa shape index (κ1) is 14.9. The topological polar surface area (TPSA) is 52.8 Å². The van der Waals surface area contributed by atoms with Gasteiger partial charge in [0, 0.05) is 5.75 Å². The summed E-state index contributed by atoms with van der Waals surface area (Å²) in [6, 6.07) is 6.17. The van der Waals surface area contributed by atoms with Gasteiger partial charge in [-0.3, -0.25) is 0 Å². The van der Waals surface area contributed by atoms with Crippen molar-refractivity contribution in [1.29, 1.82) is 0 Å². The summed E-state index contributed by atoms with van der Waals surface area (Å²) in [5.74, 6) is 0.414. The van der Waals surface area contributed by atoms with E-state index in [1.807, 2.05) is 20.8 Å². The van der Waals surface area contributed by atoms with Crippen molar-refractivity contribution in [1.82, 2.24) is 20.2 Å². The molecule has 0 spiro atoms. The third kappa shape index (κ3) is 4.28.